The molecule has 0 saturated heterocycles. The maximum absolute atomic E-state index is 11.7. The number of hydrogen-bond acceptors (Lipinski definition) is 5. The Labute approximate surface area is 138 Å². The van der Waals surface area contributed by atoms with Crippen molar-refractivity contribution in [3.05, 3.63) is 52.0 Å². The average Bonchev–Trinajstić information content (AvgIpc) is 3.03. The van der Waals surface area contributed by atoms with Gasteiger partial charge < -0.3 is 15.2 Å². The third-order valence-corrected chi connectivity index (χ3v) is 3.86. The molecule has 0 aliphatic rings. The molecular formula is C16H18N2O4S. The van der Waals surface area contributed by atoms with Crippen molar-refractivity contribution in [2.24, 2.45) is 0 Å². The van der Waals surface area contributed by atoms with E-state index in [2.05, 4.69) is 10.3 Å². The molecule has 0 saturated carbocycles. The fourth-order valence-electron chi connectivity index (χ4n) is 1.85. The minimum absolute atomic E-state index is 0.00793. The average molecular weight is 334 g/mol. The number of aromatic nitrogens is 1. The first kappa shape index (κ1) is 17.1. The summed E-state index contributed by atoms with van der Waals surface area (Å²) in [5.41, 5.74) is 1.11. The molecule has 122 valence electrons. The van der Waals surface area contributed by atoms with Crippen molar-refractivity contribution < 1.29 is 19.4 Å². The van der Waals surface area contributed by atoms with Crippen molar-refractivity contribution in [1.82, 2.24) is 10.3 Å². The van der Waals surface area contributed by atoms with Crippen LogP contribution in [0, 0.1) is 0 Å². The summed E-state index contributed by atoms with van der Waals surface area (Å²) >= 11 is 1.22. The summed E-state index contributed by atoms with van der Waals surface area (Å²) in [6.07, 6.45) is 1.00. The van der Waals surface area contributed by atoms with Gasteiger partial charge in [-0.3, -0.25) is 4.79 Å². The smallest absolute Gasteiger partial charge is 0.355 e. The molecule has 2 N–H and O–H groups in total. The van der Waals surface area contributed by atoms with Gasteiger partial charge in [0.1, 0.15) is 5.01 Å². The van der Waals surface area contributed by atoms with Crippen molar-refractivity contribution >= 4 is 23.2 Å². The number of amides is 1. The zero-order valence-electron chi connectivity index (χ0n) is 12.5. The molecule has 2 rings (SSSR count). The lowest BCUT2D eigenvalue weighted by atomic mass is 10.2. The maximum atomic E-state index is 11.7. The molecule has 0 unspecified atom stereocenters. The van der Waals surface area contributed by atoms with Crippen molar-refractivity contribution in [3.8, 4) is 0 Å². The zero-order chi connectivity index (χ0) is 16.5. The van der Waals surface area contributed by atoms with Gasteiger partial charge in [-0.05, 0) is 12.0 Å². The molecule has 23 heavy (non-hydrogen) atoms. The highest BCUT2D eigenvalue weighted by atomic mass is 32.1. The second-order valence-corrected chi connectivity index (χ2v) is 5.79. The third kappa shape index (κ3) is 6.17. The second kappa shape index (κ2) is 9.02. The lowest BCUT2D eigenvalue weighted by Crippen LogP contribution is -2.22. The molecule has 1 aromatic heterocycles. The predicted octanol–water partition coefficient (Wildman–Crippen LogP) is 2.45. The Balaban J connectivity index is 1.57. The number of aromatic carboxylic acids is 1. The number of hydrogen-bond donors (Lipinski definition) is 2. The monoisotopic (exact) mass is 334 g/mol. The van der Waals surface area contributed by atoms with Crippen LogP contribution in [0.4, 0.5) is 0 Å². The van der Waals surface area contributed by atoms with Crippen LogP contribution in [0.1, 0.15) is 33.9 Å². The number of benzene rings is 1. The van der Waals surface area contributed by atoms with Crippen molar-refractivity contribution in [1.29, 1.82) is 0 Å². The van der Waals surface area contributed by atoms with Crippen molar-refractivity contribution in [2.45, 2.75) is 26.0 Å². The number of thiazole rings is 1. The summed E-state index contributed by atoms with van der Waals surface area (Å²) in [5.74, 6) is -1.16. The minimum atomic E-state index is -1.06. The molecule has 7 heteroatoms. The van der Waals surface area contributed by atoms with Gasteiger partial charge in [0.2, 0.25) is 5.91 Å². The Morgan fingerprint density at radius 3 is 2.74 bits per heavy atom. The summed E-state index contributed by atoms with van der Waals surface area (Å²) < 4.78 is 5.51. The van der Waals surface area contributed by atoms with Gasteiger partial charge in [-0.25, -0.2) is 9.78 Å². The number of carbonyl (C=O) groups is 2. The SMILES string of the molecule is O=C(CCCOCc1ccccc1)NCc1nc(C(=O)O)cs1. The molecule has 0 atom stereocenters. The number of rotatable bonds is 9. The van der Waals surface area contributed by atoms with E-state index in [9.17, 15) is 9.59 Å². The molecule has 6 nitrogen and oxygen atoms in total. The fraction of sp³-hybridized carbons (Fsp3) is 0.312. The van der Waals surface area contributed by atoms with E-state index < -0.39 is 5.97 Å². The van der Waals surface area contributed by atoms with Gasteiger partial charge in [0, 0.05) is 18.4 Å². The van der Waals surface area contributed by atoms with Gasteiger partial charge in [-0.15, -0.1) is 11.3 Å². The number of nitrogens with zero attached hydrogens (tertiary/aromatic N) is 1. The lowest BCUT2D eigenvalue weighted by molar-refractivity contribution is -0.121. The van der Waals surface area contributed by atoms with Crippen LogP contribution in [-0.4, -0.2) is 28.6 Å². The molecule has 0 aliphatic heterocycles. The molecule has 0 fully saturated rings. The van der Waals surface area contributed by atoms with Crippen molar-refractivity contribution in [2.75, 3.05) is 6.61 Å². The number of nitrogens with one attached hydrogen (secondary N) is 1. The van der Waals surface area contributed by atoms with Gasteiger partial charge in [0.05, 0.1) is 13.2 Å². The standard InChI is InChI=1S/C16H18N2O4S/c19-14(17-9-15-18-13(11-23-15)16(20)21)7-4-8-22-10-12-5-2-1-3-6-12/h1-3,5-6,11H,4,7-10H2,(H,17,19)(H,20,21). The largest absolute Gasteiger partial charge is 0.476 e. The normalized spacial score (nSPS) is 10.4. The molecule has 0 spiro atoms. The fourth-order valence-corrected chi connectivity index (χ4v) is 2.56. The summed E-state index contributed by atoms with van der Waals surface area (Å²) in [7, 11) is 0. The third-order valence-electron chi connectivity index (χ3n) is 3.01. The molecule has 1 amide bonds. The van der Waals surface area contributed by atoms with E-state index in [0.717, 1.165) is 5.56 Å². The highest BCUT2D eigenvalue weighted by molar-refractivity contribution is 7.09. The first-order chi connectivity index (χ1) is 11.1. The zero-order valence-corrected chi connectivity index (χ0v) is 13.3. The van der Waals surface area contributed by atoms with E-state index in [1.54, 1.807) is 0 Å². The Bertz CT molecular complexity index is 643. The van der Waals surface area contributed by atoms with E-state index in [1.165, 1.54) is 16.7 Å². The van der Waals surface area contributed by atoms with Crippen LogP contribution < -0.4 is 5.32 Å². The van der Waals surface area contributed by atoms with Gasteiger partial charge >= 0.3 is 5.97 Å². The quantitative estimate of drug-likeness (QED) is 0.688. The second-order valence-electron chi connectivity index (χ2n) is 4.85. The van der Waals surface area contributed by atoms with Crippen LogP contribution in [0.3, 0.4) is 0 Å². The Kier molecular flexibility index (Phi) is 6.71. The van der Waals surface area contributed by atoms with Crippen LogP contribution in [-0.2, 0) is 22.7 Å². The van der Waals surface area contributed by atoms with Gasteiger partial charge in [0.25, 0.3) is 0 Å². The minimum Gasteiger partial charge on any atom is -0.476 e. The maximum Gasteiger partial charge on any atom is 0.355 e. The summed E-state index contributed by atoms with van der Waals surface area (Å²) in [6, 6.07) is 9.86. The predicted molar refractivity (Wildman–Crippen MR) is 86.3 cm³/mol. The summed E-state index contributed by atoms with van der Waals surface area (Å²) in [6.45, 7) is 1.31. The number of carboxylic acids is 1. The molecule has 0 bridgehead atoms. The van der Waals surface area contributed by atoms with Crippen LogP contribution >= 0.6 is 11.3 Å². The summed E-state index contributed by atoms with van der Waals surface area (Å²) in [4.78, 5) is 26.3. The first-order valence-corrected chi connectivity index (χ1v) is 8.09. The topological polar surface area (TPSA) is 88.5 Å². The lowest BCUT2D eigenvalue weighted by Gasteiger charge is -2.05. The van der Waals surface area contributed by atoms with E-state index in [4.69, 9.17) is 9.84 Å². The summed E-state index contributed by atoms with van der Waals surface area (Å²) in [5, 5.41) is 13.5. The Hall–Kier alpha value is -2.25. The first-order valence-electron chi connectivity index (χ1n) is 7.21. The highest BCUT2D eigenvalue weighted by Gasteiger charge is 2.09. The van der Waals surface area contributed by atoms with Gasteiger partial charge in [0.15, 0.2) is 5.69 Å². The van der Waals surface area contributed by atoms with E-state index in [-0.39, 0.29) is 18.1 Å². The number of carbonyl (C=O) groups excluding carboxylic acids is 1. The van der Waals surface area contributed by atoms with E-state index >= 15 is 0 Å². The molecule has 1 heterocycles. The van der Waals surface area contributed by atoms with Crippen LogP contribution in [0.25, 0.3) is 0 Å². The van der Waals surface area contributed by atoms with Crippen LogP contribution in [0.2, 0.25) is 0 Å². The van der Waals surface area contributed by atoms with Crippen LogP contribution in [0.15, 0.2) is 35.7 Å². The highest BCUT2D eigenvalue weighted by Crippen LogP contribution is 2.09. The number of carboxylic acid groups (broad SMARTS) is 1. The van der Waals surface area contributed by atoms with Gasteiger partial charge in [-0.1, -0.05) is 30.3 Å². The molecule has 1 aromatic carbocycles. The molecule has 2 aromatic rings. The number of ether oxygens (including phenoxy) is 1. The molecule has 0 aliphatic carbocycles. The van der Waals surface area contributed by atoms with E-state index in [1.807, 2.05) is 30.3 Å². The van der Waals surface area contributed by atoms with Gasteiger partial charge in [-0.2, -0.15) is 0 Å². The van der Waals surface area contributed by atoms with Crippen LogP contribution in [0.5, 0.6) is 0 Å². The Morgan fingerprint density at radius 2 is 2.04 bits per heavy atom. The van der Waals surface area contributed by atoms with E-state index in [0.29, 0.717) is 31.1 Å². The molecular weight excluding hydrogens is 316 g/mol. The molecule has 0 radical (unpaired) electrons. The van der Waals surface area contributed by atoms with Crippen molar-refractivity contribution in [3.63, 3.8) is 0 Å². The Morgan fingerprint density at radius 1 is 1.26 bits per heavy atom.